The Bertz CT molecular complexity index is 443. The molecule has 2 aliphatic rings. The molecule has 0 radical (unpaired) electrons. The first-order valence-corrected chi connectivity index (χ1v) is 6.67. The van der Waals surface area contributed by atoms with Crippen LogP contribution in [0.3, 0.4) is 0 Å². The highest BCUT2D eigenvalue weighted by Crippen LogP contribution is 2.37. The Balaban J connectivity index is 1.55. The predicted octanol–water partition coefficient (Wildman–Crippen LogP) is 0.987. The topological polar surface area (TPSA) is 67.2 Å². The van der Waals surface area contributed by atoms with Gasteiger partial charge in [-0.25, -0.2) is 0 Å². The zero-order valence-electron chi connectivity index (χ0n) is 10.6. The lowest BCUT2D eigenvalue weighted by molar-refractivity contribution is -0.124. The van der Waals surface area contributed by atoms with Gasteiger partial charge in [-0.1, -0.05) is 11.6 Å². The Hall–Kier alpha value is -1.36. The second-order valence-corrected chi connectivity index (χ2v) is 5.39. The summed E-state index contributed by atoms with van der Waals surface area (Å²) in [6.07, 6.45) is 3.71. The van der Waals surface area contributed by atoms with Crippen LogP contribution in [-0.4, -0.2) is 23.7 Å². The summed E-state index contributed by atoms with van der Waals surface area (Å²) in [5, 5.41) is 10.2. The van der Waals surface area contributed by atoms with Crippen LogP contribution in [0.25, 0.3) is 0 Å². The number of fused-ring (bicyclic) bond motifs is 1. The number of rotatable bonds is 3. The van der Waals surface area contributed by atoms with Crippen molar-refractivity contribution in [1.29, 1.82) is 0 Å². The molecule has 1 aromatic heterocycles. The molecule has 1 aliphatic heterocycles. The minimum absolute atomic E-state index is 0.00880. The number of amides is 1. The maximum atomic E-state index is 12.1. The predicted molar refractivity (Wildman–Crippen MR) is 65.7 cm³/mol. The van der Waals surface area contributed by atoms with Gasteiger partial charge in [0.05, 0.1) is 12.6 Å². The maximum Gasteiger partial charge on any atom is 0.237 e. The van der Waals surface area contributed by atoms with Gasteiger partial charge >= 0.3 is 0 Å². The van der Waals surface area contributed by atoms with Gasteiger partial charge in [-0.05, 0) is 38.1 Å². The molecule has 0 spiro atoms. The molecule has 2 N–H and O–H groups in total. The molecule has 5 heteroatoms. The van der Waals surface area contributed by atoms with E-state index in [4.69, 9.17) is 4.52 Å². The average molecular weight is 249 g/mol. The summed E-state index contributed by atoms with van der Waals surface area (Å²) in [6.45, 7) is 3.29. The first-order valence-electron chi connectivity index (χ1n) is 6.67. The van der Waals surface area contributed by atoms with Gasteiger partial charge in [-0.2, -0.15) is 0 Å². The van der Waals surface area contributed by atoms with Crippen molar-refractivity contribution < 1.29 is 9.32 Å². The highest BCUT2D eigenvalue weighted by Gasteiger charge is 2.42. The van der Waals surface area contributed by atoms with E-state index in [2.05, 4.69) is 15.8 Å². The quantitative estimate of drug-likeness (QED) is 0.838. The van der Waals surface area contributed by atoms with Gasteiger partial charge < -0.3 is 15.2 Å². The average Bonchev–Trinajstić information content (AvgIpc) is 3.01. The number of carbonyl (C=O) groups excluding carboxylic acids is 1. The van der Waals surface area contributed by atoms with Gasteiger partial charge in [-0.3, -0.25) is 4.79 Å². The number of nitrogens with one attached hydrogen (secondary N) is 2. The van der Waals surface area contributed by atoms with E-state index in [1.807, 2.05) is 13.0 Å². The Morgan fingerprint density at radius 3 is 3.28 bits per heavy atom. The number of hydrogen-bond donors (Lipinski definition) is 2. The highest BCUT2D eigenvalue weighted by atomic mass is 16.5. The lowest BCUT2D eigenvalue weighted by Crippen LogP contribution is -2.43. The molecule has 0 bridgehead atoms. The Morgan fingerprint density at radius 1 is 1.61 bits per heavy atom. The van der Waals surface area contributed by atoms with Crippen LogP contribution in [0.15, 0.2) is 10.6 Å². The van der Waals surface area contributed by atoms with Crippen molar-refractivity contribution in [3.05, 3.63) is 17.5 Å². The van der Waals surface area contributed by atoms with E-state index in [0.717, 1.165) is 18.0 Å². The Labute approximate surface area is 106 Å². The number of nitrogens with zero attached hydrogens (tertiary/aromatic N) is 1. The van der Waals surface area contributed by atoms with E-state index >= 15 is 0 Å². The van der Waals surface area contributed by atoms with Crippen molar-refractivity contribution in [3.63, 3.8) is 0 Å². The van der Waals surface area contributed by atoms with Gasteiger partial charge in [0.15, 0.2) is 0 Å². The molecule has 98 valence electrons. The Morgan fingerprint density at radius 2 is 2.50 bits per heavy atom. The second-order valence-electron chi connectivity index (χ2n) is 5.39. The van der Waals surface area contributed by atoms with E-state index < -0.39 is 0 Å². The molecule has 1 saturated heterocycles. The summed E-state index contributed by atoms with van der Waals surface area (Å²) in [4.78, 5) is 12.1. The minimum Gasteiger partial charge on any atom is -0.361 e. The highest BCUT2D eigenvalue weighted by molar-refractivity contribution is 5.82. The third kappa shape index (κ3) is 2.14. The second kappa shape index (κ2) is 4.72. The van der Waals surface area contributed by atoms with Crippen molar-refractivity contribution in [2.45, 2.75) is 38.8 Å². The van der Waals surface area contributed by atoms with Gasteiger partial charge in [0.25, 0.3) is 0 Å². The molecular weight excluding hydrogens is 230 g/mol. The van der Waals surface area contributed by atoms with Crippen LogP contribution in [0.4, 0.5) is 0 Å². The lowest BCUT2D eigenvalue weighted by Gasteiger charge is -2.17. The van der Waals surface area contributed by atoms with Crippen LogP contribution in [-0.2, 0) is 11.3 Å². The van der Waals surface area contributed by atoms with Crippen LogP contribution < -0.4 is 10.6 Å². The number of hydrogen-bond acceptors (Lipinski definition) is 4. The summed E-state index contributed by atoms with van der Waals surface area (Å²) in [5.74, 6) is 2.11. The molecule has 2 fully saturated rings. The molecule has 5 nitrogen and oxygen atoms in total. The van der Waals surface area contributed by atoms with Crippen LogP contribution in [0.5, 0.6) is 0 Å². The fourth-order valence-corrected chi connectivity index (χ4v) is 3.26. The van der Waals surface area contributed by atoms with Crippen molar-refractivity contribution in [3.8, 4) is 0 Å². The molecule has 18 heavy (non-hydrogen) atoms. The zero-order valence-corrected chi connectivity index (χ0v) is 10.6. The normalized spacial score (nSPS) is 30.4. The van der Waals surface area contributed by atoms with E-state index in [0.29, 0.717) is 18.4 Å². The lowest BCUT2D eigenvalue weighted by atomic mass is 9.93. The number of aryl methyl sites for hydroxylation is 1. The molecule has 1 aliphatic carbocycles. The van der Waals surface area contributed by atoms with E-state index in [9.17, 15) is 4.79 Å². The van der Waals surface area contributed by atoms with Gasteiger partial charge in [-0.15, -0.1) is 0 Å². The molecule has 3 unspecified atom stereocenters. The molecule has 3 rings (SSSR count). The van der Waals surface area contributed by atoms with Gasteiger partial charge in [0.1, 0.15) is 11.5 Å². The maximum absolute atomic E-state index is 12.1. The smallest absolute Gasteiger partial charge is 0.237 e. The minimum atomic E-state index is -0.00880. The molecule has 1 saturated carbocycles. The van der Waals surface area contributed by atoms with Gasteiger partial charge in [0.2, 0.25) is 5.91 Å². The summed E-state index contributed by atoms with van der Waals surface area (Å²) in [7, 11) is 0. The van der Waals surface area contributed by atoms with Crippen molar-refractivity contribution in [2.75, 3.05) is 6.54 Å². The standard InChI is InChI=1S/C13H19N3O2/c1-8-5-10(16-18-8)7-15-13(17)12-11-4-2-3-9(11)6-14-12/h5,9,11-12,14H,2-4,6-7H2,1H3,(H,15,17). The fraction of sp³-hybridized carbons (Fsp3) is 0.692. The van der Waals surface area contributed by atoms with Crippen LogP contribution in [0, 0.1) is 18.8 Å². The monoisotopic (exact) mass is 249 g/mol. The summed E-state index contributed by atoms with van der Waals surface area (Å²) < 4.78 is 4.97. The largest absolute Gasteiger partial charge is 0.361 e. The first-order chi connectivity index (χ1) is 8.74. The number of carbonyl (C=O) groups is 1. The molecule has 3 atom stereocenters. The van der Waals surface area contributed by atoms with E-state index in [1.54, 1.807) is 0 Å². The zero-order chi connectivity index (χ0) is 12.5. The van der Waals surface area contributed by atoms with Crippen LogP contribution >= 0.6 is 0 Å². The van der Waals surface area contributed by atoms with Crippen LogP contribution in [0.2, 0.25) is 0 Å². The molecule has 0 aromatic carbocycles. The first kappa shape index (κ1) is 11.7. The summed E-state index contributed by atoms with van der Waals surface area (Å²) in [5.41, 5.74) is 0.779. The third-order valence-corrected chi connectivity index (χ3v) is 4.15. The third-order valence-electron chi connectivity index (χ3n) is 4.15. The van der Waals surface area contributed by atoms with E-state index in [1.165, 1.54) is 19.3 Å². The van der Waals surface area contributed by atoms with Crippen LogP contribution in [0.1, 0.15) is 30.7 Å². The summed E-state index contributed by atoms with van der Waals surface area (Å²) >= 11 is 0. The number of aromatic nitrogens is 1. The molecule has 2 heterocycles. The van der Waals surface area contributed by atoms with Gasteiger partial charge in [0, 0.05) is 6.07 Å². The SMILES string of the molecule is Cc1cc(CNC(=O)C2NCC3CCCC32)no1. The van der Waals surface area contributed by atoms with Crippen molar-refractivity contribution >= 4 is 5.91 Å². The Kier molecular flexibility index (Phi) is 3.07. The molecule has 1 aromatic rings. The molecule has 1 amide bonds. The fourth-order valence-electron chi connectivity index (χ4n) is 3.26. The molecular formula is C13H19N3O2. The van der Waals surface area contributed by atoms with Crippen molar-refractivity contribution in [2.24, 2.45) is 11.8 Å². The summed E-state index contributed by atoms with van der Waals surface area (Å²) in [6, 6.07) is 1.84. The van der Waals surface area contributed by atoms with E-state index in [-0.39, 0.29) is 11.9 Å². The van der Waals surface area contributed by atoms with Crippen molar-refractivity contribution in [1.82, 2.24) is 15.8 Å².